The lowest BCUT2D eigenvalue weighted by Crippen LogP contribution is -2.21. The van der Waals surface area contributed by atoms with Crippen LogP contribution in [0.5, 0.6) is 0 Å². The Morgan fingerprint density at radius 1 is 1.42 bits per heavy atom. The van der Waals surface area contributed by atoms with E-state index in [1.54, 1.807) is 0 Å². The zero-order valence-corrected chi connectivity index (χ0v) is 13.0. The quantitative estimate of drug-likeness (QED) is 0.615. The van der Waals surface area contributed by atoms with Gasteiger partial charge in [0.05, 0.1) is 12.4 Å². The number of thioether (sulfide) groups is 1. The van der Waals surface area contributed by atoms with Crippen LogP contribution in [0, 0.1) is 6.92 Å². The van der Waals surface area contributed by atoms with Crippen LogP contribution in [0.4, 0.5) is 0 Å². The minimum Gasteiger partial charge on any atom is -0.465 e. The zero-order chi connectivity index (χ0) is 14.3. The molecule has 0 saturated carbocycles. The van der Waals surface area contributed by atoms with Gasteiger partial charge in [-0.1, -0.05) is 26.0 Å². The van der Waals surface area contributed by atoms with Crippen molar-refractivity contribution in [2.45, 2.75) is 45.2 Å². The average molecular weight is 281 g/mol. The summed E-state index contributed by atoms with van der Waals surface area (Å²) in [6, 6.07) is 6.84. The minimum atomic E-state index is -0.155. The summed E-state index contributed by atoms with van der Waals surface area (Å²) in [5, 5.41) is 3.39. The molecule has 0 aliphatic rings. The summed E-state index contributed by atoms with van der Waals surface area (Å²) in [6.07, 6.45) is 0. The van der Waals surface area contributed by atoms with Gasteiger partial charge in [0.15, 0.2) is 0 Å². The molecule has 0 saturated heterocycles. The van der Waals surface area contributed by atoms with Gasteiger partial charge in [-0.3, -0.25) is 4.79 Å². The number of ether oxygens (including phenoxy) is 1. The van der Waals surface area contributed by atoms with E-state index in [1.165, 1.54) is 22.9 Å². The van der Waals surface area contributed by atoms with Gasteiger partial charge >= 0.3 is 5.97 Å². The fourth-order valence-electron chi connectivity index (χ4n) is 1.64. The number of benzene rings is 1. The van der Waals surface area contributed by atoms with Gasteiger partial charge in [0.1, 0.15) is 0 Å². The molecule has 0 spiro atoms. The van der Waals surface area contributed by atoms with Crippen molar-refractivity contribution in [2.24, 2.45) is 0 Å². The highest BCUT2D eigenvalue weighted by atomic mass is 32.2. The summed E-state index contributed by atoms with van der Waals surface area (Å²) in [7, 11) is 0. The van der Waals surface area contributed by atoms with E-state index in [-0.39, 0.29) is 5.97 Å². The van der Waals surface area contributed by atoms with Crippen LogP contribution in [0.2, 0.25) is 0 Å². The van der Waals surface area contributed by atoms with Crippen molar-refractivity contribution >= 4 is 17.7 Å². The Labute approximate surface area is 120 Å². The van der Waals surface area contributed by atoms with Crippen molar-refractivity contribution in [1.82, 2.24) is 5.32 Å². The predicted octanol–water partition coefficient (Wildman–Crippen LogP) is 3.15. The van der Waals surface area contributed by atoms with Crippen molar-refractivity contribution in [1.29, 1.82) is 0 Å². The second kappa shape index (κ2) is 8.23. The fraction of sp³-hybridized carbons (Fsp3) is 0.533. The van der Waals surface area contributed by atoms with Crippen molar-refractivity contribution in [3.8, 4) is 0 Å². The number of esters is 1. The molecule has 0 amide bonds. The third kappa shape index (κ3) is 6.12. The van der Waals surface area contributed by atoms with Gasteiger partial charge < -0.3 is 10.1 Å². The van der Waals surface area contributed by atoms with Gasteiger partial charge in [0, 0.05) is 17.5 Å². The molecular formula is C15H23NO2S. The lowest BCUT2D eigenvalue weighted by molar-refractivity contribution is -0.139. The Kier molecular flexibility index (Phi) is 6.95. The Hall–Kier alpha value is -1.00. The van der Waals surface area contributed by atoms with Crippen molar-refractivity contribution in [2.75, 3.05) is 12.4 Å². The third-order valence-electron chi connectivity index (χ3n) is 2.60. The maximum absolute atomic E-state index is 11.3. The molecule has 1 aromatic rings. The minimum absolute atomic E-state index is 0.155. The van der Waals surface area contributed by atoms with Crippen LogP contribution in [0.3, 0.4) is 0 Å². The molecule has 1 rings (SSSR count). The van der Waals surface area contributed by atoms with Crippen LogP contribution in [-0.4, -0.2) is 24.4 Å². The predicted molar refractivity (Wildman–Crippen MR) is 80.5 cm³/mol. The molecule has 4 heteroatoms. The maximum Gasteiger partial charge on any atom is 0.316 e. The normalized spacial score (nSPS) is 10.8. The highest BCUT2D eigenvalue weighted by Gasteiger charge is 2.06. The number of aryl methyl sites for hydroxylation is 1. The summed E-state index contributed by atoms with van der Waals surface area (Å²) >= 11 is 1.53. The molecule has 0 unspecified atom stereocenters. The van der Waals surface area contributed by atoms with Crippen molar-refractivity contribution in [3.63, 3.8) is 0 Å². The van der Waals surface area contributed by atoms with Crippen molar-refractivity contribution in [3.05, 3.63) is 29.3 Å². The van der Waals surface area contributed by atoms with Gasteiger partial charge in [0.2, 0.25) is 0 Å². The van der Waals surface area contributed by atoms with Crippen LogP contribution in [0.15, 0.2) is 23.1 Å². The Morgan fingerprint density at radius 2 is 2.16 bits per heavy atom. The second-order valence-corrected chi connectivity index (χ2v) is 5.75. The molecule has 3 nitrogen and oxygen atoms in total. The third-order valence-corrected chi connectivity index (χ3v) is 3.75. The summed E-state index contributed by atoms with van der Waals surface area (Å²) in [6.45, 7) is 9.49. The number of hydrogen-bond acceptors (Lipinski definition) is 4. The van der Waals surface area contributed by atoms with E-state index < -0.39 is 0 Å². The Bertz CT molecular complexity index is 419. The van der Waals surface area contributed by atoms with Gasteiger partial charge in [-0.2, -0.15) is 0 Å². The lowest BCUT2D eigenvalue weighted by Gasteiger charge is -2.11. The first-order valence-electron chi connectivity index (χ1n) is 6.64. The molecule has 0 aromatic heterocycles. The van der Waals surface area contributed by atoms with Gasteiger partial charge in [-0.05, 0) is 31.0 Å². The summed E-state index contributed by atoms with van der Waals surface area (Å²) in [5.41, 5.74) is 2.48. The van der Waals surface area contributed by atoms with Gasteiger partial charge in [-0.25, -0.2) is 0 Å². The van der Waals surface area contributed by atoms with E-state index in [1.807, 2.05) is 6.92 Å². The maximum atomic E-state index is 11.3. The molecular weight excluding hydrogens is 258 g/mol. The molecule has 0 radical (unpaired) electrons. The number of carbonyl (C=O) groups is 1. The SMILES string of the molecule is CCOC(=O)CSc1ccc(CNC(C)C)cc1C. The van der Waals surface area contributed by atoms with Crippen LogP contribution >= 0.6 is 11.8 Å². The smallest absolute Gasteiger partial charge is 0.316 e. The standard InChI is InChI=1S/C15H23NO2S/c1-5-18-15(17)10-19-14-7-6-13(8-12(14)4)9-16-11(2)3/h6-8,11,16H,5,9-10H2,1-4H3. The highest BCUT2D eigenvalue weighted by Crippen LogP contribution is 2.23. The summed E-state index contributed by atoms with van der Waals surface area (Å²) < 4.78 is 4.92. The molecule has 0 fully saturated rings. The van der Waals surface area contributed by atoms with E-state index in [0.29, 0.717) is 18.4 Å². The zero-order valence-electron chi connectivity index (χ0n) is 12.2. The van der Waals surface area contributed by atoms with E-state index in [2.05, 4.69) is 44.3 Å². The topological polar surface area (TPSA) is 38.3 Å². The van der Waals surface area contributed by atoms with Crippen molar-refractivity contribution < 1.29 is 9.53 Å². The molecule has 19 heavy (non-hydrogen) atoms. The van der Waals surface area contributed by atoms with Crippen LogP contribution < -0.4 is 5.32 Å². The van der Waals surface area contributed by atoms with E-state index in [9.17, 15) is 4.79 Å². The van der Waals surface area contributed by atoms with Gasteiger partial charge in [-0.15, -0.1) is 11.8 Å². The monoisotopic (exact) mass is 281 g/mol. The molecule has 106 valence electrons. The number of carbonyl (C=O) groups excluding carboxylic acids is 1. The molecule has 1 aromatic carbocycles. The number of hydrogen-bond donors (Lipinski definition) is 1. The molecule has 0 heterocycles. The molecule has 0 bridgehead atoms. The van der Waals surface area contributed by atoms with Crippen LogP contribution in [0.25, 0.3) is 0 Å². The molecule has 0 aliphatic heterocycles. The average Bonchev–Trinajstić information content (AvgIpc) is 2.35. The molecule has 1 N–H and O–H groups in total. The first-order chi connectivity index (χ1) is 9.02. The molecule has 0 atom stereocenters. The van der Waals surface area contributed by atoms with E-state index in [0.717, 1.165) is 11.4 Å². The first kappa shape index (κ1) is 16.1. The summed E-state index contributed by atoms with van der Waals surface area (Å²) in [5.74, 6) is 0.218. The Balaban J connectivity index is 2.54. The van der Waals surface area contributed by atoms with Crippen LogP contribution in [0.1, 0.15) is 31.9 Å². The van der Waals surface area contributed by atoms with Crippen LogP contribution in [-0.2, 0) is 16.1 Å². The fourth-order valence-corrected chi connectivity index (χ4v) is 2.45. The highest BCUT2D eigenvalue weighted by molar-refractivity contribution is 8.00. The number of nitrogens with one attached hydrogen (secondary N) is 1. The van der Waals surface area contributed by atoms with Gasteiger partial charge in [0.25, 0.3) is 0 Å². The first-order valence-corrected chi connectivity index (χ1v) is 7.62. The molecule has 0 aliphatic carbocycles. The second-order valence-electron chi connectivity index (χ2n) is 4.73. The summed E-state index contributed by atoms with van der Waals surface area (Å²) in [4.78, 5) is 12.5. The Morgan fingerprint density at radius 3 is 2.74 bits per heavy atom. The largest absolute Gasteiger partial charge is 0.465 e. The van der Waals surface area contributed by atoms with E-state index in [4.69, 9.17) is 4.74 Å². The van der Waals surface area contributed by atoms with E-state index >= 15 is 0 Å². The number of rotatable bonds is 7. The lowest BCUT2D eigenvalue weighted by atomic mass is 10.1.